The molecule has 1 N–H and O–H groups in total. The number of fused-ring (bicyclic) bond motifs is 7. The Bertz CT molecular complexity index is 1200. The monoisotopic (exact) mass is 576 g/mol. The average molecular weight is 577 g/mol. The Morgan fingerprint density at radius 1 is 0.927 bits per heavy atom. The second-order valence-corrected chi connectivity index (χ2v) is 16.5. The van der Waals surface area contributed by atoms with Crippen LogP contribution in [-0.2, 0) is 14.4 Å². The molecule has 0 aromatic rings. The molecule has 1 amide bonds. The predicted molar refractivity (Wildman–Crippen MR) is 148 cm³/mol. The number of carbonyl (C=O) groups is 3. The molecule has 5 saturated carbocycles. The number of rotatable bonds is 2. The van der Waals surface area contributed by atoms with Gasteiger partial charge in [-0.1, -0.05) is 48.5 Å². The Kier molecular flexibility index (Phi) is 6.74. The molecule has 0 heterocycles. The zero-order chi connectivity index (χ0) is 30.6. The third kappa shape index (κ3) is 4.17. The zero-order valence-electron chi connectivity index (χ0n) is 25.8. The minimum atomic E-state index is -4.50. The summed E-state index contributed by atoms with van der Waals surface area (Å²) in [6.45, 7) is 13.6. The fraction of sp³-hybridized carbons (Fsp3) is 0.879. The standard InChI is InChI=1S/C33H47F3N2O3/c1-27(2)10-12-32(26(41)38-18-33(34,35)36)13-11-31(7)24(20(32)16-27)21(39)14-23-29(5)15-19(17-37)25(40)28(3,4)22(29)8-9-30(23,31)6/h19-20,22-24H,8-16,18H2,1-7H3,(H,38,41)/t19?,20-,22-,23+,24-,29-,30+,31+,32-/m0/s1. The Morgan fingerprint density at radius 2 is 1.56 bits per heavy atom. The number of nitrogens with zero attached hydrogens (tertiary/aromatic N) is 1. The van der Waals surface area contributed by atoms with Crippen molar-refractivity contribution in [3.63, 3.8) is 0 Å². The molecule has 0 aromatic heterocycles. The molecule has 0 aliphatic heterocycles. The molecule has 9 atom stereocenters. The van der Waals surface area contributed by atoms with Gasteiger partial charge in [0.1, 0.15) is 18.2 Å². The van der Waals surface area contributed by atoms with E-state index in [9.17, 15) is 32.8 Å². The first kappa shape index (κ1) is 30.5. The summed E-state index contributed by atoms with van der Waals surface area (Å²) in [7, 11) is 0. The van der Waals surface area contributed by atoms with Gasteiger partial charge in [-0.05, 0) is 90.8 Å². The molecule has 0 aromatic carbocycles. The van der Waals surface area contributed by atoms with Crippen LogP contribution in [0.4, 0.5) is 13.2 Å². The summed E-state index contributed by atoms with van der Waals surface area (Å²) in [5, 5.41) is 12.2. The van der Waals surface area contributed by atoms with Crippen molar-refractivity contribution in [1.29, 1.82) is 5.26 Å². The number of nitriles is 1. The van der Waals surface area contributed by atoms with Crippen LogP contribution in [0.5, 0.6) is 0 Å². The van der Waals surface area contributed by atoms with E-state index in [0.717, 1.165) is 19.3 Å². The summed E-state index contributed by atoms with van der Waals surface area (Å²) in [4.78, 5) is 41.5. The third-order valence-corrected chi connectivity index (χ3v) is 13.8. The molecule has 228 valence electrons. The smallest absolute Gasteiger partial charge is 0.346 e. The van der Waals surface area contributed by atoms with Crippen LogP contribution in [0.3, 0.4) is 0 Å². The molecular weight excluding hydrogens is 529 g/mol. The molecule has 0 spiro atoms. The van der Waals surface area contributed by atoms with Gasteiger partial charge in [0.2, 0.25) is 5.91 Å². The molecule has 5 aliphatic carbocycles. The highest BCUT2D eigenvalue weighted by molar-refractivity contribution is 5.91. The largest absolute Gasteiger partial charge is 0.405 e. The van der Waals surface area contributed by atoms with E-state index in [1.165, 1.54) is 0 Å². The third-order valence-electron chi connectivity index (χ3n) is 13.8. The maximum Gasteiger partial charge on any atom is 0.405 e. The van der Waals surface area contributed by atoms with E-state index < -0.39 is 46.7 Å². The van der Waals surface area contributed by atoms with Crippen LogP contribution in [0.1, 0.15) is 106 Å². The zero-order valence-corrected chi connectivity index (χ0v) is 25.8. The molecule has 5 fully saturated rings. The van der Waals surface area contributed by atoms with Gasteiger partial charge >= 0.3 is 6.18 Å². The lowest BCUT2D eigenvalue weighted by Crippen LogP contribution is -2.70. The van der Waals surface area contributed by atoms with Gasteiger partial charge in [-0.15, -0.1) is 0 Å². The molecule has 0 bridgehead atoms. The number of carbonyl (C=O) groups excluding carboxylic acids is 3. The van der Waals surface area contributed by atoms with Crippen molar-refractivity contribution in [2.75, 3.05) is 6.54 Å². The number of nitrogens with one attached hydrogen (secondary N) is 1. The topological polar surface area (TPSA) is 87.0 Å². The van der Waals surface area contributed by atoms with E-state index in [1.807, 2.05) is 13.8 Å². The Morgan fingerprint density at radius 3 is 2.17 bits per heavy atom. The number of hydrogen-bond acceptors (Lipinski definition) is 4. The van der Waals surface area contributed by atoms with E-state index >= 15 is 0 Å². The van der Waals surface area contributed by atoms with Crippen LogP contribution >= 0.6 is 0 Å². The second-order valence-electron chi connectivity index (χ2n) is 16.5. The van der Waals surface area contributed by atoms with Crippen LogP contribution in [0.2, 0.25) is 0 Å². The summed E-state index contributed by atoms with van der Waals surface area (Å²) >= 11 is 0. The van der Waals surface area contributed by atoms with Crippen LogP contribution in [0.25, 0.3) is 0 Å². The van der Waals surface area contributed by atoms with Gasteiger partial charge in [0.05, 0.1) is 11.5 Å². The van der Waals surface area contributed by atoms with E-state index in [2.05, 4.69) is 46.0 Å². The van der Waals surface area contributed by atoms with E-state index in [0.29, 0.717) is 38.5 Å². The van der Waals surface area contributed by atoms with E-state index in [-0.39, 0.29) is 45.6 Å². The van der Waals surface area contributed by atoms with Gasteiger partial charge in [0.25, 0.3) is 0 Å². The lowest BCUT2D eigenvalue weighted by molar-refractivity contribution is -0.235. The molecule has 0 radical (unpaired) electrons. The molecule has 5 nitrogen and oxygen atoms in total. The Balaban J connectivity index is 1.57. The summed E-state index contributed by atoms with van der Waals surface area (Å²) in [5.41, 5.74) is -2.80. The lowest BCUT2D eigenvalue weighted by Gasteiger charge is -2.72. The maximum atomic E-state index is 14.5. The van der Waals surface area contributed by atoms with Gasteiger partial charge in [0, 0.05) is 17.8 Å². The van der Waals surface area contributed by atoms with Crippen molar-refractivity contribution in [3.8, 4) is 6.07 Å². The molecule has 5 aliphatic rings. The number of alkyl halides is 3. The summed E-state index contributed by atoms with van der Waals surface area (Å²) in [6.07, 6.45) is 0.950. The highest BCUT2D eigenvalue weighted by atomic mass is 19.4. The quantitative estimate of drug-likeness (QED) is 0.382. The number of ketones is 2. The maximum absolute atomic E-state index is 14.5. The Labute approximate surface area is 242 Å². The highest BCUT2D eigenvalue weighted by Gasteiger charge is 2.73. The molecule has 41 heavy (non-hydrogen) atoms. The lowest BCUT2D eigenvalue weighted by atomic mass is 9.31. The van der Waals surface area contributed by atoms with Crippen LogP contribution in [0.15, 0.2) is 0 Å². The minimum Gasteiger partial charge on any atom is -0.346 e. The number of Topliss-reactive ketones (excluding diaryl/α,β-unsaturated/α-hetero) is 2. The van der Waals surface area contributed by atoms with Gasteiger partial charge in [-0.3, -0.25) is 14.4 Å². The van der Waals surface area contributed by atoms with Crippen molar-refractivity contribution >= 4 is 17.5 Å². The summed E-state index contributed by atoms with van der Waals surface area (Å²) in [6, 6.07) is 2.28. The fourth-order valence-corrected chi connectivity index (χ4v) is 11.6. The van der Waals surface area contributed by atoms with E-state index in [4.69, 9.17) is 0 Å². The highest BCUT2D eigenvalue weighted by Crippen LogP contribution is 2.76. The Hall–Kier alpha value is -1.91. The predicted octanol–water partition coefficient (Wildman–Crippen LogP) is 7.04. The van der Waals surface area contributed by atoms with Crippen molar-refractivity contribution in [1.82, 2.24) is 5.32 Å². The molecular formula is C33H47F3N2O3. The fourth-order valence-electron chi connectivity index (χ4n) is 11.6. The van der Waals surface area contributed by atoms with Crippen LogP contribution in [-0.4, -0.2) is 30.2 Å². The molecule has 8 heteroatoms. The van der Waals surface area contributed by atoms with Crippen molar-refractivity contribution in [2.24, 2.45) is 62.1 Å². The van der Waals surface area contributed by atoms with Crippen molar-refractivity contribution < 1.29 is 27.6 Å². The molecule has 1 unspecified atom stereocenters. The van der Waals surface area contributed by atoms with E-state index in [1.54, 1.807) is 0 Å². The van der Waals surface area contributed by atoms with Crippen molar-refractivity contribution in [2.45, 2.75) is 112 Å². The number of amides is 1. The SMILES string of the molecule is CC1(C)CC[C@]2(C(=O)NCC(F)(F)F)CC[C@]3(C)[C@H](C(=O)C[C@@H]4[C@@]5(C)CC(C#N)C(=O)C(C)(C)[C@@H]5CC[C@]43C)[C@@H]2C1. The first-order chi connectivity index (χ1) is 18.7. The molecule has 0 saturated heterocycles. The normalized spacial score (nSPS) is 46.7. The van der Waals surface area contributed by atoms with Crippen LogP contribution in [0, 0.1) is 73.4 Å². The van der Waals surface area contributed by atoms with Gasteiger partial charge in [0.15, 0.2) is 5.78 Å². The van der Waals surface area contributed by atoms with Gasteiger partial charge < -0.3 is 5.32 Å². The second kappa shape index (κ2) is 9.05. The minimum absolute atomic E-state index is 0.00567. The summed E-state index contributed by atoms with van der Waals surface area (Å²) in [5.74, 6) is -1.76. The van der Waals surface area contributed by atoms with Gasteiger partial charge in [-0.25, -0.2) is 0 Å². The van der Waals surface area contributed by atoms with Crippen LogP contribution < -0.4 is 5.32 Å². The number of hydrogen-bond donors (Lipinski definition) is 1. The summed E-state index contributed by atoms with van der Waals surface area (Å²) < 4.78 is 39.4. The van der Waals surface area contributed by atoms with Gasteiger partial charge in [-0.2, -0.15) is 18.4 Å². The van der Waals surface area contributed by atoms with Crippen molar-refractivity contribution in [3.05, 3.63) is 0 Å². The number of halogens is 3. The first-order valence-corrected chi connectivity index (χ1v) is 15.5. The average Bonchev–Trinajstić information content (AvgIpc) is 2.85. The first-order valence-electron chi connectivity index (χ1n) is 15.5. The molecule has 5 rings (SSSR count).